The SMILES string of the molecule is C=C(C)Cn1cc(C(N)=O)c2cc(C)ccc21. The van der Waals surface area contributed by atoms with Crippen LogP contribution in [0.4, 0.5) is 0 Å². The van der Waals surface area contributed by atoms with Crippen LogP contribution in [0.2, 0.25) is 0 Å². The average Bonchev–Trinajstić information content (AvgIpc) is 2.55. The first kappa shape index (κ1) is 11.5. The molecule has 2 aromatic rings. The molecule has 0 atom stereocenters. The van der Waals surface area contributed by atoms with E-state index in [4.69, 9.17) is 5.73 Å². The van der Waals surface area contributed by atoms with Crippen molar-refractivity contribution in [1.82, 2.24) is 4.57 Å². The highest BCUT2D eigenvalue weighted by Crippen LogP contribution is 2.23. The van der Waals surface area contributed by atoms with Crippen LogP contribution in [0.5, 0.6) is 0 Å². The van der Waals surface area contributed by atoms with Gasteiger partial charge in [-0.05, 0) is 26.0 Å². The van der Waals surface area contributed by atoms with Gasteiger partial charge in [-0.3, -0.25) is 4.79 Å². The lowest BCUT2D eigenvalue weighted by Crippen LogP contribution is -2.10. The summed E-state index contributed by atoms with van der Waals surface area (Å²) in [5.74, 6) is -0.388. The summed E-state index contributed by atoms with van der Waals surface area (Å²) in [4.78, 5) is 11.4. The fourth-order valence-corrected chi connectivity index (χ4v) is 2.03. The highest BCUT2D eigenvalue weighted by molar-refractivity contribution is 6.06. The van der Waals surface area contributed by atoms with Gasteiger partial charge in [0.05, 0.1) is 5.56 Å². The number of primary amides is 1. The van der Waals surface area contributed by atoms with Gasteiger partial charge in [0.15, 0.2) is 0 Å². The molecule has 0 aliphatic heterocycles. The summed E-state index contributed by atoms with van der Waals surface area (Å²) in [6.45, 7) is 8.56. The Hall–Kier alpha value is -2.03. The highest BCUT2D eigenvalue weighted by Gasteiger charge is 2.12. The average molecular weight is 228 g/mol. The van der Waals surface area contributed by atoms with Crippen LogP contribution in [0.15, 0.2) is 36.5 Å². The van der Waals surface area contributed by atoms with Gasteiger partial charge >= 0.3 is 0 Å². The number of aryl methyl sites for hydroxylation is 1. The Bertz CT molecular complexity index is 608. The molecule has 1 aromatic carbocycles. The predicted octanol–water partition coefficient (Wildman–Crippen LogP) is 2.62. The van der Waals surface area contributed by atoms with Gasteiger partial charge in [0.25, 0.3) is 5.91 Å². The van der Waals surface area contributed by atoms with E-state index in [9.17, 15) is 4.79 Å². The highest BCUT2D eigenvalue weighted by atomic mass is 16.1. The minimum absolute atomic E-state index is 0.388. The number of hydrogen-bond acceptors (Lipinski definition) is 1. The molecule has 1 heterocycles. The summed E-state index contributed by atoms with van der Waals surface area (Å²) in [5.41, 5.74) is 9.15. The minimum Gasteiger partial charge on any atom is -0.366 e. The van der Waals surface area contributed by atoms with E-state index in [2.05, 4.69) is 6.58 Å². The molecule has 0 saturated carbocycles. The van der Waals surface area contributed by atoms with Crippen molar-refractivity contribution in [1.29, 1.82) is 0 Å². The molecule has 1 amide bonds. The number of aromatic nitrogens is 1. The van der Waals surface area contributed by atoms with Crippen LogP contribution in [0.1, 0.15) is 22.8 Å². The van der Waals surface area contributed by atoms with Crippen molar-refractivity contribution in [3.05, 3.63) is 47.7 Å². The van der Waals surface area contributed by atoms with Gasteiger partial charge < -0.3 is 10.3 Å². The fourth-order valence-electron chi connectivity index (χ4n) is 2.03. The van der Waals surface area contributed by atoms with Crippen molar-refractivity contribution in [3.63, 3.8) is 0 Å². The Balaban J connectivity index is 2.70. The zero-order valence-corrected chi connectivity index (χ0v) is 10.2. The monoisotopic (exact) mass is 228 g/mol. The Kier molecular flexibility index (Phi) is 2.76. The third-order valence-electron chi connectivity index (χ3n) is 2.74. The van der Waals surface area contributed by atoms with E-state index < -0.39 is 0 Å². The van der Waals surface area contributed by atoms with Crippen LogP contribution in [0, 0.1) is 6.92 Å². The normalized spacial score (nSPS) is 10.7. The summed E-state index contributed by atoms with van der Waals surface area (Å²) in [7, 11) is 0. The number of rotatable bonds is 3. The summed E-state index contributed by atoms with van der Waals surface area (Å²) >= 11 is 0. The quantitative estimate of drug-likeness (QED) is 0.806. The van der Waals surface area contributed by atoms with E-state index in [0.717, 1.165) is 22.0 Å². The van der Waals surface area contributed by atoms with Gasteiger partial charge in [-0.2, -0.15) is 0 Å². The van der Waals surface area contributed by atoms with Crippen molar-refractivity contribution in [2.45, 2.75) is 20.4 Å². The van der Waals surface area contributed by atoms with Gasteiger partial charge in [0, 0.05) is 23.6 Å². The molecule has 0 saturated heterocycles. The van der Waals surface area contributed by atoms with Crippen molar-refractivity contribution in [3.8, 4) is 0 Å². The van der Waals surface area contributed by atoms with Gasteiger partial charge in [-0.25, -0.2) is 0 Å². The number of carbonyl (C=O) groups excluding carboxylic acids is 1. The zero-order valence-electron chi connectivity index (χ0n) is 10.2. The van der Waals surface area contributed by atoms with Crippen LogP contribution < -0.4 is 5.73 Å². The largest absolute Gasteiger partial charge is 0.366 e. The number of nitrogens with two attached hydrogens (primary N) is 1. The lowest BCUT2D eigenvalue weighted by Gasteiger charge is -2.04. The van der Waals surface area contributed by atoms with E-state index in [0.29, 0.717) is 12.1 Å². The molecule has 0 aliphatic carbocycles. The Morgan fingerprint density at radius 3 is 2.76 bits per heavy atom. The zero-order chi connectivity index (χ0) is 12.6. The minimum atomic E-state index is -0.388. The van der Waals surface area contributed by atoms with Gasteiger partial charge in [0.1, 0.15) is 0 Å². The first-order valence-corrected chi connectivity index (χ1v) is 5.52. The van der Waals surface area contributed by atoms with Crippen LogP contribution in [-0.4, -0.2) is 10.5 Å². The maximum atomic E-state index is 11.4. The van der Waals surface area contributed by atoms with Crippen molar-refractivity contribution in [2.75, 3.05) is 0 Å². The van der Waals surface area contributed by atoms with Crippen molar-refractivity contribution < 1.29 is 4.79 Å². The summed E-state index contributed by atoms with van der Waals surface area (Å²) in [5, 5.41) is 0.916. The molecule has 3 heteroatoms. The maximum absolute atomic E-state index is 11.4. The van der Waals surface area contributed by atoms with E-state index >= 15 is 0 Å². The number of allylic oxidation sites excluding steroid dienone is 1. The van der Waals surface area contributed by atoms with Crippen LogP contribution in [0.25, 0.3) is 10.9 Å². The molecule has 0 aliphatic rings. The van der Waals surface area contributed by atoms with E-state index in [1.54, 1.807) is 6.20 Å². The second kappa shape index (κ2) is 4.09. The second-order valence-corrected chi connectivity index (χ2v) is 4.51. The summed E-state index contributed by atoms with van der Waals surface area (Å²) in [6.07, 6.45) is 1.81. The topological polar surface area (TPSA) is 48.0 Å². The van der Waals surface area contributed by atoms with Crippen molar-refractivity contribution >= 4 is 16.8 Å². The van der Waals surface area contributed by atoms with E-state index in [1.807, 2.05) is 36.6 Å². The first-order valence-electron chi connectivity index (χ1n) is 5.52. The molecule has 0 spiro atoms. The number of fused-ring (bicyclic) bond motifs is 1. The number of amides is 1. The Morgan fingerprint density at radius 1 is 1.47 bits per heavy atom. The summed E-state index contributed by atoms with van der Waals surface area (Å²) < 4.78 is 2.01. The molecule has 88 valence electrons. The lowest BCUT2D eigenvalue weighted by atomic mass is 10.1. The van der Waals surface area contributed by atoms with Crippen LogP contribution in [0.3, 0.4) is 0 Å². The lowest BCUT2D eigenvalue weighted by molar-refractivity contribution is 0.100. The Labute approximate surface area is 101 Å². The smallest absolute Gasteiger partial charge is 0.250 e. The van der Waals surface area contributed by atoms with Crippen molar-refractivity contribution in [2.24, 2.45) is 5.73 Å². The molecule has 2 rings (SSSR count). The molecule has 3 nitrogen and oxygen atoms in total. The summed E-state index contributed by atoms with van der Waals surface area (Å²) in [6, 6.07) is 6.03. The third-order valence-corrected chi connectivity index (χ3v) is 2.74. The Morgan fingerprint density at radius 2 is 2.18 bits per heavy atom. The molecule has 1 aromatic heterocycles. The fraction of sp³-hybridized carbons (Fsp3) is 0.214. The van der Waals surface area contributed by atoms with Gasteiger partial charge in [0.2, 0.25) is 0 Å². The number of hydrogen-bond donors (Lipinski definition) is 1. The standard InChI is InChI=1S/C14H16N2O/c1-9(2)7-16-8-12(14(15)17)11-6-10(3)4-5-13(11)16/h4-6,8H,1,7H2,2-3H3,(H2,15,17). The molecular formula is C14H16N2O. The molecule has 0 unspecified atom stereocenters. The van der Waals surface area contributed by atoms with E-state index in [-0.39, 0.29) is 5.91 Å². The van der Waals surface area contributed by atoms with Crippen LogP contribution >= 0.6 is 0 Å². The predicted molar refractivity (Wildman–Crippen MR) is 70.0 cm³/mol. The first-order chi connectivity index (χ1) is 7.99. The van der Waals surface area contributed by atoms with Gasteiger partial charge in [-0.1, -0.05) is 23.8 Å². The van der Waals surface area contributed by atoms with Crippen LogP contribution in [-0.2, 0) is 6.54 Å². The number of nitrogens with zero attached hydrogens (tertiary/aromatic N) is 1. The van der Waals surface area contributed by atoms with E-state index in [1.165, 1.54) is 0 Å². The maximum Gasteiger partial charge on any atom is 0.250 e. The molecular weight excluding hydrogens is 212 g/mol. The molecule has 17 heavy (non-hydrogen) atoms. The molecule has 0 radical (unpaired) electrons. The second-order valence-electron chi connectivity index (χ2n) is 4.51. The molecule has 2 N–H and O–H groups in total. The number of benzene rings is 1. The molecule has 0 bridgehead atoms. The number of carbonyl (C=O) groups is 1. The third kappa shape index (κ3) is 2.09. The van der Waals surface area contributed by atoms with Gasteiger partial charge in [-0.15, -0.1) is 0 Å². The molecule has 0 fully saturated rings.